The van der Waals surface area contributed by atoms with E-state index in [2.05, 4.69) is 275 Å². The number of carbonyl (C=O) groups is 2. The molecule has 0 unspecified atom stereocenters. The zero-order valence-electron chi connectivity index (χ0n) is 70.4. The molecule has 0 atom stereocenters. The van der Waals surface area contributed by atoms with Gasteiger partial charge in [-0.2, -0.15) is 0 Å². The Labute approximate surface area is 643 Å². The summed E-state index contributed by atoms with van der Waals surface area (Å²) in [5, 5.41) is 0. The molecule has 0 bridgehead atoms. The van der Waals surface area contributed by atoms with Crippen molar-refractivity contribution >= 4 is 48.4 Å². The molecule has 2 fully saturated rings. The third-order valence-corrected chi connectivity index (χ3v) is 24.2. The highest BCUT2D eigenvalue weighted by atomic mass is 16.7. The van der Waals surface area contributed by atoms with Gasteiger partial charge in [-0.3, -0.25) is 9.59 Å². The molecule has 0 aliphatic carbocycles. The van der Waals surface area contributed by atoms with Crippen molar-refractivity contribution in [2.75, 3.05) is 0 Å². The molecular weight excluding hydrogens is 1300 g/mol. The first-order valence-electron chi connectivity index (χ1n) is 41.4. The van der Waals surface area contributed by atoms with Crippen LogP contribution in [0.5, 0.6) is 0 Å². The summed E-state index contributed by atoms with van der Waals surface area (Å²) >= 11 is 0. The largest absolute Gasteiger partial charge is 0.495 e. The second-order valence-corrected chi connectivity index (χ2v) is 38.1. The van der Waals surface area contributed by atoms with Gasteiger partial charge in [0.1, 0.15) is 0 Å². The molecule has 0 radical (unpaired) electrons. The molecule has 2 saturated heterocycles. The van der Waals surface area contributed by atoms with Crippen LogP contribution >= 0.6 is 0 Å². The van der Waals surface area contributed by atoms with Gasteiger partial charge in [0.25, 0.3) is 11.8 Å². The summed E-state index contributed by atoms with van der Waals surface area (Å²) in [4.78, 5) is 37.5. The van der Waals surface area contributed by atoms with Crippen LogP contribution in [-0.4, -0.2) is 58.3 Å². The van der Waals surface area contributed by atoms with Crippen LogP contribution in [0.15, 0.2) is 120 Å². The molecular formula is C96H134B2N2O6. The molecule has 570 valence electrons. The fourth-order valence-corrected chi connectivity index (χ4v) is 15.7. The quantitative estimate of drug-likeness (QED) is 0.0330. The van der Waals surface area contributed by atoms with E-state index in [0.717, 1.165) is 134 Å². The Morgan fingerprint density at radius 2 is 0.575 bits per heavy atom. The average Bonchev–Trinajstić information content (AvgIpc) is 1.55. The number of fused-ring (bicyclic) bond motifs is 1. The Balaban J connectivity index is 1.19. The van der Waals surface area contributed by atoms with Gasteiger partial charge in [0.05, 0.1) is 58.0 Å². The summed E-state index contributed by atoms with van der Waals surface area (Å²) in [6.45, 7) is 54.1. The molecule has 2 amide bonds. The fraction of sp³-hybridized carbons (Fsp3) is 0.562. The molecule has 0 N–H and O–H groups in total. The minimum atomic E-state index is -0.478. The van der Waals surface area contributed by atoms with Crippen molar-refractivity contribution in [1.82, 2.24) is 9.80 Å². The topological polar surface area (TPSA) is 77.5 Å². The zero-order valence-corrected chi connectivity index (χ0v) is 70.4. The summed E-state index contributed by atoms with van der Waals surface area (Å²) in [5.74, 6) is -0.330. The molecule has 4 aliphatic heterocycles. The van der Waals surface area contributed by atoms with Gasteiger partial charge in [0.15, 0.2) is 0 Å². The lowest BCUT2D eigenvalue weighted by Gasteiger charge is -2.32. The SMILES string of the molecule is CCCCCCc1cc(-c2ccc(C3=C4C(=O)N(Cc5cc(C(C)(C)C)cc(C(C)(C)C)c5)C(c5ccc(-c6cc(CCCCCC)c(B7OC(C)(C)C(C)(C)O7)cc6CCCCCC)cc5)=C4C(=O)N3Cc3cc(C(C)(C)C)cc(C(C)(C)C)c3)cc2)c(CCCCCC)cc1B1OC(C)(C)C(C)(C)O1. The Morgan fingerprint density at radius 1 is 0.321 bits per heavy atom. The van der Waals surface area contributed by atoms with Crippen molar-refractivity contribution in [3.63, 3.8) is 0 Å². The van der Waals surface area contributed by atoms with E-state index < -0.39 is 36.6 Å². The van der Waals surface area contributed by atoms with Gasteiger partial charge in [-0.1, -0.05) is 297 Å². The van der Waals surface area contributed by atoms with Crippen LogP contribution < -0.4 is 10.9 Å². The Kier molecular flexibility index (Phi) is 25.4. The highest BCUT2D eigenvalue weighted by molar-refractivity contribution is 6.63. The Bertz CT molecular complexity index is 3810. The number of nitrogens with zero attached hydrogens (tertiary/aromatic N) is 2. The van der Waals surface area contributed by atoms with Crippen LogP contribution in [0.1, 0.15) is 336 Å². The van der Waals surface area contributed by atoms with E-state index in [1.165, 1.54) is 94.2 Å². The predicted octanol–water partition coefficient (Wildman–Crippen LogP) is 23.5. The van der Waals surface area contributed by atoms with E-state index in [0.29, 0.717) is 22.5 Å². The molecule has 0 spiro atoms. The van der Waals surface area contributed by atoms with Crippen LogP contribution in [0.25, 0.3) is 33.6 Å². The molecule has 0 aromatic heterocycles. The smallest absolute Gasteiger partial charge is 0.399 e. The maximum absolute atomic E-state index is 16.8. The van der Waals surface area contributed by atoms with Gasteiger partial charge in [-0.15, -0.1) is 0 Å². The molecule has 4 heterocycles. The number of rotatable bonds is 30. The van der Waals surface area contributed by atoms with Crippen molar-refractivity contribution in [1.29, 1.82) is 0 Å². The highest BCUT2D eigenvalue weighted by Gasteiger charge is 2.54. The van der Waals surface area contributed by atoms with Gasteiger partial charge in [0.2, 0.25) is 0 Å². The molecule has 10 rings (SSSR count). The Morgan fingerprint density at radius 3 is 0.830 bits per heavy atom. The second kappa shape index (κ2) is 32.7. The third kappa shape index (κ3) is 18.3. The summed E-state index contributed by atoms with van der Waals surface area (Å²) in [5.41, 5.74) is 20.3. The van der Waals surface area contributed by atoms with E-state index in [1.54, 1.807) is 0 Å². The summed E-state index contributed by atoms with van der Waals surface area (Å²) in [6, 6.07) is 41.4. The first-order valence-corrected chi connectivity index (χ1v) is 41.4. The number of benzene rings is 6. The van der Waals surface area contributed by atoms with Gasteiger partial charge in [-0.05, 0) is 228 Å². The van der Waals surface area contributed by atoms with Crippen LogP contribution in [0, 0.1) is 0 Å². The minimum Gasteiger partial charge on any atom is -0.399 e. The van der Waals surface area contributed by atoms with E-state index >= 15 is 9.59 Å². The van der Waals surface area contributed by atoms with Crippen LogP contribution in [0.2, 0.25) is 0 Å². The van der Waals surface area contributed by atoms with Crippen molar-refractivity contribution < 1.29 is 28.2 Å². The fourth-order valence-electron chi connectivity index (χ4n) is 15.7. The van der Waals surface area contributed by atoms with Gasteiger partial charge in [-0.25, -0.2) is 0 Å². The van der Waals surface area contributed by atoms with E-state index in [-0.39, 0.29) is 46.6 Å². The van der Waals surface area contributed by atoms with Crippen LogP contribution in [0.4, 0.5) is 0 Å². The number of hydrogen-bond donors (Lipinski definition) is 0. The van der Waals surface area contributed by atoms with Crippen molar-refractivity contribution in [2.45, 2.75) is 352 Å². The van der Waals surface area contributed by atoms with Crippen molar-refractivity contribution in [3.05, 3.63) is 187 Å². The number of carbonyl (C=O) groups excluding carboxylic acids is 2. The minimum absolute atomic E-state index is 0.165. The normalized spacial score (nSPS) is 17.4. The maximum atomic E-state index is 16.8. The monoisotopic (exact) mass is 1430 g/mol. The van der Waals surface area contributed by atoms with Crippen molar-refractivity contribution in [2.24, 2.45) is 0 Å². The van der Waals surface area contributed by atoms with Crippen LogP contribution in [-0.2, 0) is 88.6 Å². The number of hydrogen-bond acceptors (Lipinski definition) is 6. The molecule has 6 aromatic rings. The van der Waals surface area contributed by atoms with E-state index in [9.17, 15) is 0 Å². The second-order valence-electron chi connectivity index (χ2n) is 38.1. The maximum Gasteiger partial charge on any atom is 0.495 e. The number of unbranched alkanes of at least 4 members (excludes halogenated alkanes) is 12. The van der Waals surface area contributed by atoms with Crippen molar-refractivity contribution in [3.8, 4) is 22.3 Å². The molecule has 106 heavy (non-hydrogen) atoms. The Hall–Kier alpha value is -6.29. The lowest BCUT2D eigenvalue weighted by molar-refractivity contribution is -0.124. The van der Waals surface area contributed by atoms with Crippen LogP contribution in [0.3, 0.4) is 0 Å². The summed E-state index contributed by atoms with van der Waals surface area (Å²) in [6.07, 6.45) is 22.1. The molecule has 6 aromatic carbocycles. The molecule has 0 saturated carbocycles. The number of aryl methyl sites for hydroxylation is 4. The average molecular weight is 1430 g/mol. The predicted molar refractivity (Wildman–Crippen MR) is 449 cm³/mol. The lowest BCUT2D eigenvalue weighted by Crippen LogP contribution is -2.41. The third-order valence-electron chi connectivity index (χ3n) is 24.2. The standard InChI is InChI=1S/C96H134B2N2O6/c1-25-29-33-37-41-71-59-81(97-103-93(17,18)94(19,20)104-97)73(43-39-35-31-27-3)57-79(71)67-45-49-69(50-46-67)85-83-84(88(102)99(85)63-65-53-75(89(5,6)7)61-76(54-65)90(8,9)10)86(100(87(83)101)64-66-55-77(91(11,12)13)62-78(56-66)92(14,15)16)70-51-47-68(48-52-70)80-58-74(44-40-36-32-28-4)82(60-72(80)42-38-34-30-26-2)98-105-95(21,22)96(23,24)106-98/h45-62H,25-44,63-64H2,1-24H3. The zero-order chi connectivity index (χ0) is 77.3. The van der Waals surface area contributed by atoms with E-state index in [1.807, 2.05) is 9.80 Å². The number of amides is 2. The molecule has 10 heteroatoms. The van der Waals surface area contributed by atoms with Gasteiger partial charge >= 0.3 is 14.2 Å². The molecule has 4 aliphatic rings. The van der Waals surface area contributed by atoms with Gasteiger partial charge in [0, 0.05) is 0 Å². The lowest BCUT2D eigenvalue weighted by atomic mass is 9.72. The van der Waals surface area contributed by atoms with Gasteiger partial charge < -0.3 is 28.4 Å². The first kappa shape index (κ1) is 82.2. The molecule has 8 nitrogen and oxygen atoms in total. The summed E-state index contributed by atoms with van der Waals surface area (Å²) in [7, 11) is -0.946. The summed E-state index contributed by atoms with van der Waals surface area (Å²) < 4.78 is 27.6. The van der Waals surface area contributed by atoms with E-state index in [4.69, 9.17) is 18.6 Å². The first-order chi connectivity index (χ1) is 49.7. The highest BCUT2D eigenvalue weighted by Crippen LogP contribution is 2.50.